The molecule has 1 saturated heterocycles. The normalized spacial score (nSPS) is 14.9. The van der Waals surface area contributed by atoms with Crippen LogP contribution in [0.4, 0.5) is 29.6 Å². The molecule has 2 aliphatic rings. The van der Waals surface area contributed by atoms with Crippen molar-refractivity contribution in [1.82, 2.24) is 29.2 Å². The Kier molecular flexibility index (Phi) is 12.3. The number of hydrogen-bond acceptors (Lipinski definition) is 9. The Balaban J connectivity index is 1.23. The van der Waals surface area contributed by atoms with Crippen LogP contribution in [0.1, 0.15) is 71.6 Å². The van der Waals surface area contributed by atoms with Crippen molar-refractivity contribution >= 4 is 35.5 Å². The van der Waals surface area contributed by atoms with Crippen molar-refractivity contribution in [2.75, 3.05) is 57.0 Å². The van der Waals surface area contributed by atoms with Gasteiger partial charge in [0.15, 0.2) is 0 Å². The second-order valence-corrected chi connectivity index (χ2v) is 15.8. The Hall–Kier alpha value is -6.05. The van der Waals surface area contributed by atoms with Gasteiger partial charge in [0.05, 0.1) is 28.8 Å². The van der Waals surface area contributed by atoms with Gasteiger partial charge in [0.1, 0.15) is 11.3 Å². The number of likely N-dealkylation sites (N-methyl/N-ethyl adjacent to an activating group) is 1. The summed E-state index contributed by atoms with van der Waals surface area (Å²) in [7, 11) is 5.29. The van der Waals surface area contributed by atoms with Gasteiger partial charge in [-0.1, -0.05) is 30.0 Å². The van der Waals surface area contributed by atoms with Crippen LogP contribution < -0.4 is 10.2 Å². The van der Waals surface area contributed by atoms with E-state index < -0.39 is 35.2 Å². The van der Waals surface area contributed by atoms with Crippen LogP contribution >= 0.6 is 0 Å². The van der Waals surface area contributed by atoms with Crippen LogP contribution in [0.2, 0.25) is 0 Å². The molecule has 0 unspecified atom stereocenters. The van der Waals surface area contributed by atoms with E-state index in [1.165, 1.54) is 37.2 Å². The third kappa shape index (κ3) is 10.2. The number of halogens is 3. The molecule has 2 aromatic carbocycles. The molecule has 0 aliphatic carbocycles. The van der Waals surface area contributed by atoms with Crippen LogP contribution in [0.25, 0.3) is 11.4 Å². The van der Waals surface area contributed by atoms with Crippen LogP contribution in [0.5, 0.6) is 0 Å². The lowest BCUT2D eigenvalue weighted by Gasteiger charge is -2.33. The number of nitrogens with zero attached hydrogens (tertiary/aromatic N) is 7. The smallest absolute Gasteiger partial charge is 0.417 e. The SMILES string of the molecule is CC(=O)N(C)c1ncc(C#Cc2cccc(CC(=O)Nc3ccc(CN4CCN(C)CC4)c(C(F)(F)F)c3)c2)c(-c2cc3c(n2C)CCN(C(=O)OC(C)(C)C)C3=O)n1. The summed E-state index contributed by atoms with van der Waals surface area (Å²) in [6.45, 7) is 9.74. The van der Waals surface area contributed by atoms with Gasteiger partial charge in [0.2, 0.25) is 17.8 Å². The summed E-state index contributed by atoms with van der Waals surface area (Å²) in [5.41, 5.74) is 1.97. The molecule has 2 aliphatic heterocycles. The number of carbonyl (C=O) groups is 4. The maximum Gasteiger partial charge on any atom is 0.417 e. The predicted molar refractivity (Wildman–Crippen MR) is 215 cm³/mol. The van der Waals surface area contributed by atoms with Crippen molar-refractivity contribution in [3.8, 4) is 23.2 Å². The van der Waals surface area contributed by atoms with Crippen LogP contribution in [0.3, 0.4) is 0 Å². The zero-order chi connectivity index (χ0) is 42.8. The third-order valence-corrected chi connectivity index (χ3v) is 10.1. The lowest BCUT2D eigenvalue weighted by molar-refractivity contribution is -0.138. The van der Waals surface area contributed by atoms with Crippen molar-refractivity contribution < 1.29 is 37.1 Å². The van der Waals surface area contributed by atoms with E-state index in [-0.39, 0.29) is 42.6 Å². The van der Waals surface area contributed by atoms with Crippen molar-refractivity contribution in [3.05, 3.63) is 93.8 Å². The van der Waals surface area contributed by atoms with Crippen molar-refractivity contribution in [3.63, 3.8) is 0 Å². The number of benzene rings is 2. The van der Waals surface area contributed by atoms with Gasteiger partial charge in [0, 0.05) is 89.9 Å². The van der Waals surface area contributed by atoms with Gasteiger partial charge in [-0.05, 0) is 69.3 Å². The molecule has 1 N–H and O–H groups in total. The molecule has 0 radical (unpaired) electrons. The highest BCUT2D eigenvalue weighted by atomic mass is 19.4. The number of anilines is 2. The Morgan fingerprint density at radius 3 is 2.37 bits per heavy atom. The van der Waals surface area contributed by atoms with Gasteiger partial charge in [-0.3, -0.25) is 24.2 Å². The van der Waals surface area contributed by atoms with E-state index in [1.54, 1.807) is 58.2 Å². The molecule has 59 heavy (non-hydrogen) atoms. The van der Waals surface area contributed by atoms with Gasteiger partial charge in [-0.2, -0.15) is 13.2 Å². The molecule has 0 bridgehead atoms. The molecule has 1 fully saturated rings. The molecule has 0 atom stereocenters. The quantitative estimate of drug-likeness (QED) is 0.232. The first kappa shape index (κ1) is 42.6. The van der Waals surface area contributed by atoms with Gasteiger partial charge < -0.3 is 19.5 Å². The molecule has 4 aromatic rings. The predicted octanol–water partition coefficient (Wildman–Crippen LogP) is 5.75. The first-order valence-corrected chi connectivity index (χ1v) is 19.1. The molecule has 0 spiro atoms. The fourth-order valence-corrected chi connectivity index (χ4v) is 6.87. The minimum atomic E-state index is -4.59. The summed E-state index contributed by atoms with van der Waals surface area (Å²) >= 11 is 0. The topological polar surface area (TPSA) is 133 Å². The number of piperazine rings is 1. The number of nitrogens with one attached hydrogen (secondary N) is 1. The lowest BCUT2D eigenvalue weighted by Crippen LogP contribution is -2.44. The monoisotopic (exact) mass is 812 g/mol. The summed E-state index contributed by atoms with van der Waals surface area (Å²) in [6.07, 6.45) is -3.60. The van der Waals surface area contributed by atoms with E-state index in [2.05, 4.69) is 27.0 Å². The number of carbonyl (C=O) groups excluding carboxylic acids is 4. The summed E-state index contributed by atoms with van der Waals surface area (Å²) in [5, 5.41) is 2.62. The Labute approximate surface area is 341 Å². The van der Waals surface area contributed by atoms with Gasteiger partial charge in [0.25, 0.3) is 5.91 Å². The third-order valence-electron chi connectivity index (χ3n) is 10.1. The summed E-state index contributed by atoms with van der Waals surface area (Å²) in [5.74, 6) is 4.99. The van der Waals surface area contributed by atoms with E-state index in [0.717, 1.165) is 24.1 Å². The second kappa shape index (κ2) is 17.0. The van der Waals surface area contributed by atoms with Gasteiger partial charge >= 0.3 is 12.3 Å². The van der Waals surface area contributed by atoms with Crippen molar-refractivity contribution in [1.29, 1.82) is 0 Å². The molecular formula is C43H47F3N8O5. The van der Waals surface area contributed by atoms with Crippen LogP contribution in [-0.2, 0) is 46.9 Å². The first-order valence-electron chi connectivity index (χ1n) is 19.1. The first-order chi connectivity index (χ1) is 27.8. The molecular weight excluding hydrogens is 766 g/mol. The van der Waals surface area contributed by atoms with E-state index in [1.807, 2.05) is 16.5 Å². The molecule has 16 heteroatoms. The highest BCUT2D eigenvalue weighted by Gasteiger charge is 2.36. The van der Waals surface area contributed by atoms with Crippen LogP contribution in [0.15, 0.2) is 54.7 Å². The van der Waals surface area contributed by atoms with Gasteiger partial charge in [-0.15, -0.1) is 0 Å². The number of imide groups is 1. The molecule has 4 heterocycles. The number of fused-ring (bicyclic) bond motifs is 1. The number of amides is 4. The maximum absolute atomic E-state index is 14.1. The van der Waals surface area contributed by atoms with E-state index in [4.69, 9.17) is 9.72 Å². The van der Waals surface area contributed by atoms with E-state index in [9.17, 15) is 32.3 Å². The molecule has 0 saturated carbocycles. The Morgan fingerprint density at radius 2 is 1.69 bits per heavy atom. The second-order valence-electron chi connectivity index (χ2n) is 15.8. The minimum Gasteiger partial charge on any atom is -0.443 e. The zero-order valence-electron chi connectivity index (χ0n) is 34.2. The number of hydrogen-bond donors (Lipinski definition) is 1. The number of alkyl halides is 3. The largest absolute Gasteiger partial charge is 0.443 e. The molecule has 4 amide bonds. The van der Waals surface area contributed by atoms with Crippen molar-refractivity contribution in [2.24, 2.45) is 7.05 Å². The molecule has 2 aromatic heterocycles. The molecule has 13 nitrogen and oxygen atoms in total. The Morgan fingerprint density at radius 1 is 0.966 bits per heavy atom. The average Bonchev–Trinajstić information content (AvgIpc) is 3.50. The summed E-state index contributed by atoms with van der Waals surface area (Å²) in [4.78, 5) is 67.4. The maximum atomic E-state index is 14.1. The van der Waals surface area contributed by atoms with E-state index >= 15 is 0 Å². The van der Waals surface area contributed by atoms with Crippen LogP contribution in [-0.4, -0.2) is 105 Å². The highest BCUT2D eigenvalue weighted by molar-refractivity contribution is 6.05. The molecule has 6 rings (SSSR count). The van der Waals surface area contributed by atoms with Crippen molar-refractivity contribution in [2.45, 2.75) is 58.9 Å². The fourth-order valence-electron chi connectivity index (χ4n) is 6.87. The summed E-state index contributed by atoms with van der Waals surface area (Å²) in [6, 6.07) is 12.4. The van der Waals surface area contributed by atoms with Crippen LogP contribution in [0, 0.1) is 11.8 Å². The number of ether oxygens (including phenoxy) is 1. The summed E-state index contributed by atoms with van der Waals surface area (Å²) < 4.78 is 49.7. The fraction of sp³-hybridized carbons (Fsp3) is 0.395. The zero-order valence-corrected chi connectivity index (χ0v) is 34.2. The minimum absolute atomic E-state index is 0.0494. The highest BCUT2D eigenvalue weighted by Crippen LogP contribution is 2.35. The van der Waals surface area contributed by atoms with E-state index in [0.29, 0.717) is 58.8 Å². The Bertz CT molecular complexity index is 2350. The standard InChI is InChI=1S/C43H47F3N8O5/c1-27(55)51(6)40-47-25-30(38(49-40)36-24-33-35(52(36)7)15-16-54(39(33)57)41(58)59-42(2,3)4)12-11-28-9-8-10-29(21-28)22-37(56)48-32-14-13-31(34(23-32)43(44,45)46)26-53-19-17-50(5)18-20-53/h8-10,13-14,21,23-25H,15-20,22,26H2,1-7H3,(H,48,56). The molecule has 310 valence electrons. The van der Waals surface area contributed by atoms with Gasteiger partial charge in [-0.25, -0.2) is 19.7 Å². The lowest BCUT2D eigenvalue weighted by atomic mass is 10.0. The number of rotatable bonds is 7. The number of aromatic nitrogens is 3. The average molecular weight is 813 g/mol.